The van der Waals surface area contributed by atoms with Gasteiger partial charge in [0.15, 0.2) is 5.82 Å². The minimum Gasteiger partial charge on any atom is -0.383 e. The van der Waals surface area contributed by atoms with Gasteiger partial charge in [0.05, 0.1) is 17.5 Å². The van der Waals surface area contributed by atoms with E-state index in [-0.39, 0.29) is 5.75 Å². The Morgan fingerprint density at radius 1 is 1.09 bits per heavy atom. The van der Waals surface area contributed by atoms with Crippen LogP contribution in [0, 0.1) is 0 Å². The van der Waals surface area contributed by atoms with E-state index in [9.17, 15) is 8.42 Å². The molecule has 0 spiro atoms. The predicted molar refractivity (Wildman–Crippen MR) is 88.4 cm³/mol. The molecule has 0 saturated heterocycles. The van der Waals surface area contributed by atoms with Crippen LogP contribution in [0.25, 0.3) is 22.3 Å². The number of pyridine rings is 2. The number of aromatic nitrogens is 4. The average Bonchev–Trinajstić information content (AvgIpc) is 2.52. The van der Waals surface area contributed by atoms with Gasteiger partial charge in [-0.25, -0.2) is 18.4 Å². The highest BCUT2D eigenvalue weighted by Crippen LogP contribution is 2.25. The minimum atomic E-state index is -3.07. The SMILES string of the molecule is CS(=O)(=O)CCc1cncc2nc(-c3ccncc3)nc(N)c12. The summed E-state index contributed by atoms with van der Waals surface area (Å²) in [6.07, 6.45) is 8.04. The zero-order chi connectivity index (χ0) is 16.4. The van der Waals surface area contributed by atoms with Crippen LogP contribution in [0.4, 0.5) is 5.82 Å². The first-order valence-corrected chi connectivity index (χ1v) is 8.98. The molecule has 0 unspecified atom stereocenters. The second-order valence-corrected chi connectivity index (χ2v) is 7.50. The average molecular weight is 329 g/mol. The lowest BCUT2D eigenvalue weighted by Crippen LogP contribution is -2.08. The quantitative estimate of drug-likeness (QED) is 0.766. The first-order valence-electron chi connectivity index (χ1n) is 6.92. The fraction of sp³-hybridized carbons (Fsp3) is 0.200. The first kappa shape index (κ1) is 15.3. The van der Waals surface area contributed by atoms with Crippen LogP contribution in [0.3, 0.4) is 0 Å². The van der Waals surface area contributed by atoms with Gasteiger partial charge in [0.25, 0.3) is 0 Å². The van der Waals surface area contributed by atoms with Crippen molar-refractivity contribution in [3.8, 4) is 11.4 Å². The number of nitrogens with two attached hydrogens (primary N) is 1. The Balaban J connectivity index is 2.09. The third-order valence-electron chi connectivity index (χ3n) is 3.39. The van der Waals surface area contributed by atoms with Crippen LogP contribution in [-0.2, 0) is 16.3 Å². The normalized spacial score (nSPS) is 11.7. The summed E-state index contributed by atoms with van der Waals surface area (Å²) < 4.78 is 22.8. The van der Waals surface area contributed by atoms with Gasteiger partial charge in [-0.3, -0.25) is 9.97 Å². The molecule has 0 aliphatic heterocycles. The maximum Gasteiger partial charge on any atom is 0.162 e. The van der Waals surface area contributed by atoms with Crippen LogP contribution >= 0.6 is 0 Å². The minimum absolute atomic E-state index is 0.0271. The van der Waals surface area contributed by atoms with Crippen LogP contribution in [-0.4, -0.2) is 40.4 Å². The van der Waals surface area contributed by atoms with Crippen molar-refractivity contribution in [3.63, 3.8) is 0 Å². The van der Waals surface area contributed by atoms with Gasteiger partial charge in [-0.2, -0.15) is 0 Å². The molecule has 0 aromatic carbocycles. The molecule has 3 aromatic heterocycles. The zero-order valence-corrected chi connectivity index (χ0v) is 13.3. The molecule has 118 valence electrons. The zero-order valence-electron chi connectivity index (χ0n) is 12.5. The molecule has 0 atom stereocenters. The highest BCUT2D eigenvalue weighted by atomic mass is 32.2. The van der Waals surface area contributed by atoms with Crippen LogP contribution in [0.2, 0.25) is 0 Å². The molecule has 0 aliphatic rings. The lowest BCUT2D eigenvalue weighted by molar-refractivity contribution is 0.601. The molecular formula is C15H15N5O2S. The maximum atomic E-state index is 11.4. The molecule has 8 heteroatoms. The number of hydrogen-bond donors (Lipinski definition) is 1. The van der Waals surface area contributed by atoms with Crippen molar-refractivity contribution in [1.29, 1.82) is 0 Å². The molecule has 0 bridgehead atoms. The molecule has 23 heavy (non-hydrogen) atoms. The second kappa shape index (κ2) is 5.88. The summed E-state index contributed by atoms with van der Waals surface area (Å²) in [6.45, 7) is 0. The van der Waals surface area contributed by atoms with Crippen LogP contribution < -0.4 is 5.73 Å². The van der Waals surface area contributed by atoms with Gasteiger partial charge < -0.3 is 5.73 Å². The first-order chi connectivity index (χ1) is 10.9. The Morgan fingerprint density at radius 2 is 1.83 bits per heavy atom. The van der Waals surface area contributed by atoms with E-state index in [1.807, 2.05) is 0 Å². The third-order valence-corrected chi connectivity index (χ3v) is 4.34. The number of nitrogen functional groups attached to an aromatic ring is 1. The van der Waals surface area contributed by atoms with Crippen molar-refractivity contribution in [2.75, 3.05) is 17.7 Å². The monoisotopic (exact) mass is 329 g/mol. The molecule has 0 saturated carbocycles. The topological polar surface area (TPSA) is 112 Å². The summed E-state index contributed by atoms with van der Waals surface area (Å²) in [6, 6.07) is 3.59. The molecule has 0 aliphatic carbocycles. The van der Waals surface area contributed by atoms with Crippen molar-refractivity contribution in [3.05, 3.63) is 42.5 Å². The van der Waals surface area contributed by atoms with Crippen LogP contribution in [0.5, 0.6) is 0 Å². The highest BCUT2D eigenvalue weighted by Gasteiger charge is 2.13. The van der Waals surface area contributed by atoms with Gasteiger partial charge in [-0.05, 0) is 24.1 Å². The van der Waals surface area contributed by atoms with E-state index in [1.165, 1.54) is 6.26 Å². The Bertz CT molecular complexity index is 958. The van der Waals surface area contributed by atoms with Gasteiger partial charge >= 0.3 is 0 Å². The van der Waals surface area contributed by atoms with Gasteiger partial charge in [0.2, 0.25) is 0 Å². The largest absolute Gasteiger partial charge is 0.383 e. The standard InChI is InChI=1S/C15H15N5O2S/c1-23(21,22)7-4-11-8-18-9-12-13(11)14(16)20-15(19-12)10-2-5-17-6-3-10/h2-3,5-6,8-9H,4,7H2,1H3,(H2,16,19,20). The summed E-state index contributed by atoms with van der Waals surface area (Å²) in [5.74, 6) is 0.825. The van der Waals surface area contributed by atoms with Gasteiger partial charge in [-0.15, -0.1) is 0 Å². The van der Waals surface area contributed by atoms with E-state index in [0.29, 0.717) is 29.0 Å². The number of hydrogen-bond acceptors (Lipinski definition) is 7. The molecule has 0 radical (unpaired) electrons. The third kappa shape index (κ3) is 3.42. The Kier molecular flexibility index (Phi) is 3.91. The number of nitrogens with zero attached hydrogens (tertiary/aromatic N) is 4. The van der Waals surface area contributed by atoms with Gasteiger partial charge in [0.1, 0.15) is 15.7 Å². The molecule has 0 amide bonds. The molecule has 3 heterocycles. The van der Waals surface area contributed by atoms with E-state index in [0.717, 1.165) is 11.1 Å². The van der Waals surface area contributed by atoms with Crippen molar-refractivity contribution in [2.24, 2.45) is 0 Å². The predicted octanol–water partition coefficient (Wildman–Crippen LogP) is 1.26. The summed E-state index contributed by atoms with van der Waals surface area (Å²) in [5.41, 5.74) is 8.21. The highest BCUT2D eigenvalue weighted by molar-refractivity contribution is 7.90. The summed E-state index contributed by atoms with van der Waals surface area (Å²) in [5, 5.41) is 0.654. The Hall–Kier alpha value is -2.61. The fourth-order valence-electron chi connectivity index (χ4n) is 2.30. The smallest absolute Gasteiger partial charge is 0.162 e. The molecule has 3 aromatic rings. The summed E-state index contributed by atoms with van der Waals surface area (Å²) in [4.78, 5) is 16.9. The van der Waals surface area contributed by atoms with Crippen molar-refractivity contribution in [1.82, 2.24) is 19.9 Å². The fourth-order valence-corrected chi connectivity index (χ4v) is 2.89. The number of sulfone groups is 1. The van der Waals surface area contributed by atoms with E-state index in [1.54, 1.807) is 36.9 Å². The second-order valence-electron chi connectivity index (χ2n) is 5.24. The van der Waals surface area contributed by atoms with Crippen molar-refractivity contribution < 1.29 is 8.42 Å². The van der Waals surface area contributed by atoms with Crippen molar-refractivity contribution >= 4 is 26.6 Å². The van der Waals surface area contributed by atoms with Crippen LogP contribution in [0.15, 0.2) is 36.9 Å². The number of rotatable bonds is 4. The molecular weight excluding hydrogens is 314 g/mol. The van der Waals surface area contributed by atoms with Crippen LogP contribution in [0.1, 0.15) is 5.56 Å². The summed E-state index contributed by atoms with van der Waals surface area (Å²) in [7, 11) is -3.07. The lowest BCUT2D eigenvalue weighted by Gasteiger charge is -2.09. The van der Waals surface area contributed by atoms with Crippen molar-refractivity contribution in [2.45, 2.75) is 6.42 Å². The number of anilines is 1. The Labute approximate surface area is 133 Å². The Morgan fingerprint density at radius 3 is 2.52 bits per heavy atom. The van der Waals surface area contributed by atoms with E-state index < -0.39 is 9.84 Å². The number of fused-ring (bicyclic) bond motifs is 1. The maximum absolute atomic E-state index is 11.4. The number of aryl methyl sites for hydroxylation is 1. The summed E-state index contributed by atoms with van der Waals surface area (Å²) >= 11 is 0. The lowest BCUT2D eigenvalue weighted by atomic mass is 10.1. The van der Waals surface area contributed by atoms with E-state index in [2.05, 4.69) is 19.9 Å². The molecule has 2 N–H and O–H groups in total. The van der Waals surface area contributed by atoms with Gasteiger partial charge in [0, 0.05) is 35.8 Å². The van der Waals surface area contributed by atoms with Gasteiger partial charge in [-0.1, -0.05) is 0 Å². The molecule has 0 fully saturated rings. The van der Waals surface area contributed by atoms with E-state index >= 15 is 0 Å². The molecule has 3 rings (SSSR count). The van der Waals surface area contributed by atoms with E-state index in [4.69, 9.17) is 5.73 Å². The molecule has 7 nitrogen and oxygen atoms in total.